The van der Waals surface area contributed by atoms with E-state index in [1.54, 1.807) is 0 Å². The van der Waals surface area contributed by atoms with Gasteiger partial charge in [0.25, 0.3) is 0 Å². The van der Waals surface area contributed by atoms with Gasteiger partial charge in [-0.15, -0.1) is 0 Å². The molecule has 0 aromatic carbocycles. The molecule has 1 fully saturated rings. The molecule has 0 heterocycles. The van der Waals surface area contributed by atoms with E-state index in [1.165, 1.54) is 0 Å². The smallest absolute Gasteiger partial charge is 0.134 e. The van der Waals surface area contributed by atoms with Crippen LogP contribution in [0.4, 0.5) is 4.39 Å². The molecule has 10 heavy (non-hydrogen) atoms. The molecule has 0 unspecified atom stereocenters. The minimum absolute atomic E-state index is 0.193. The molecule has 0 bridgehead atoms. The van der Waals surface area contributed by atoms with Gasteiger partial charge in [0, 0.05) is 0 Å². The molecular weight excluding hydrogens is 131 g/mol. The molecule has 1 aliphatic carbocycles. The molecule has 1 aliphatic rings. The van der Waals surface area contributed by atoms with Gasteiger partial charge in [-0.2, -0.15) is 0 Å². The van der Waals surface area contributed by atoms with Crippen LogP contribution in [0.1, 0.15) is 33.6 Å². The molecule has 0 aliphatic heterocycles. The summed E-state index contributed by atoms with van der Waals surface area (Å²) >= 11 is 0. The highest BCUT2D eigenvalue weighted by Gasteiger charge is 2.44. The van der Waals surface area contributed by atoms with Crippen LogP contribution in [0.2, 0.25) is 0 Å². The van der Waals surface area contributed by atoms with Crippen molar-refractivity contribution in [2.24, 2.45) is 0 Å². The van der Waals surface area contributed by atoms with Crippen molar-refractivity contribution in [1.29, 1.82) is 0 Å². The van der Waals surface area contributed by atoms with E-state index in [0.717, 1.165) is 0 Å². The topological polar surface area (TPSA) is 9.23 Å². The monoisotopic (exact) mass is 146 g/mol. The Labute approximate surface area is 61.6 Å². The van der Waals surface area contributed by atoms with Gasteiger partial charge in [0.2, 0.25) is 0 Å². The summed E-state index contributed by atoms with van der Waals surface area (Å²) in [6.07, 6.45) is 1.37. The van der Waals surface area contributed by atoms with E-state index in [9.17, 15) is 4.39 Å². The van der Waals surface area contributed by atoms with Crippen LogP contribution >= 0.6 is 0 Å². The van der Waals surface area contributed by atoms with Crippen LogP contribution < -0.4 is 0 Å². The molecule has 0 radical (unpaired) electrons. The van der Waals surface area contributed by atoms with Crippen molar-refractivity contribution in [3.05, 3.63) is 0 Å². The van der Waals surface area contributed by atoms with Gasteiger partial charge in [-0.3, -0.25) is 0 Å². The zero-order chi connectivity index (χ0) is 7.83. The van der Waals surface area contributed by atoms with Crippen LogP contribution in [0.25, 0.3) is 0 Å². The third-order valence-electron chi connectivity index (χ3n) is 1.56. The van der Waals surface area contributed by atoms with Crippen molar-refractivity contribution >= 4 is 0 Å². The lowest BCUT2D eigenvalue weighted by Crippen LogP contribution is -2.24. The third kappa shape index (κ3) is 2.65. The molecule has 0 spiro atoms. The fraction of sp³-hybridized carbons (Fsp3) is 1.00. The summed E-state index contributed by atoms with van der Waals surface area (Å²) in [5.41, 5.74) is -1.16. The van der Waals surface area contributed by atoms with Crippen LogP contribution in [-0.2, 0) is 4.74 Å². The predicted octanol–water partition coefficient (Wildman–Crippen LogP) is 2.30. The highest BCUT2D eigenvalue weighted by molar-refractivity contribution is 4.94. The Morgan fingerprint density at radius 2 is 1.90 bits per heavy atom. The van der Waals surface area contributed by atoms with Gasteiger partial charge in [0.15, 0.2) is 0 Å². The first-order valence-corrected chi connectivity index (χ1v) is 3.74. The molecule has 0 atom stereocenters. The normalized spacial score (nSPS) is 22.8. The summed E-state index contributed by atoms with van der Waals surface area (Å²) in [7, 11) is 0. The summed E-state index contributed by atoms with van der Waals surface area (Å²) in [5, 5.41) is 0. The summed E-state index contributed by atoms with van der Waals surface area (Å²) < 4.78 is 18.2. The summed E-state index contributed by atoms with van der Waals surface area (Å²) in [5.74, 6) is 0. The molecule has 0 aromatic heterocycles. The fourth-order valence-electron chi connectivity index (χ4n) is 0.626. The minimum atomic E-state index is -0.965. The highest BCUT2D eigenvalue weighted by Crippen LogP contribution is 2.40. The van der Waals surface area contributed by atoms with Crippen molar-refractivity contribution < 1.29 is 9.13 Å². The summed E-state index contributed by atoms with van der Waals surface area (Å²) in [6, 6.07) is 0. The van der Waals surface area contributed by atoms with Crippen molar-refractivity contribution in [3.8, 4) is 0 Å². The number of hydrogen-bond acceptors (Lipinski definition) is 1. The molecule has 0 aromatic rings. The lowest BCUT2D eigenvalue weighted by molar-refractivity contribution is -0.0355. The average molecular weight is 146 g/mol. The van der Waals surface area contributed by atoms with Crippen molar-refractivity contribution in [2.45, 2.75) is 44.9 Å². The van der Waals surface area contributed by atoms with Crippen molar-refractivity contribution in [1.82, 2.24) is 0 Å². The summed E-state index contributed by atoms with van der Waals surface area (Å²) in [4.78, 5) is 0. The Morgan fingerprint density at radius 1 is 1.40 bits per heavy atom. The lowest BCUT2D eigenvalue weighted by Gasteiger charge is -2.20. The van der Waals surface area contributed by atoms with Gasteiger partial charge >= 0.3 is 0 Å². The van der Waals surface area contributed by atoms with Gasteiger partial charge < -0.3 is 4.74 Å². The Hall–Kier alpha value is -0.110. The Balaban J connectivity index is 2.17. The maximum atomic E-state index is 12.9. The average Bonchev–Trinajstić information content (AvgIpc) is 2.43. The first-order valence-electron chi connectivity index (χ1n) is 3.74. The number of rotatable bonds is 2. The lowest BCUT2D eigenvalue weighted by atomic mass is 10.2. The van der Waals surface area contributed by atoms with Crippen LogP contribution in [0.15, 0.2) is 0 Å². The fourth-order valence-corrected chi connectivity index (χ4v) is 0.626. The quantitative estimate of drug-likeness (QED) is 0.581. The van der Waals surface area contributed by atoms with E-state index in [4.69, 9.17) is 4.74 Å². The predicted molar refractivity (Wildman–Crippen MR) is 38.8 cm³/mol. The molecule has 2 heteroatoms. The molecule has 1 nitrogen and oxygen atoms in total. The van der Waals surface area contributed by atoms with Gasteiger partial charge in [0.05, 0.1) is 12.2 Å². The van der Waals surface area contributed by atoms with Gasteiger partial charge in [-0.05, 0) is 33.6 Å². The molecular formula is C8H15FO. The van der Waals surface area contributed by atoms with Crippen LogP contribution in [0.3, 0.4) is 0 Å². The zero-order valence-electron chi connectivity index (χ0n) is 6.91. The largest absolute Gasteiger partial charge is 0.373 e. The standard InChI is InChI=1S/C8H15FO/c1-7(2,3)10-6-8(9)4-5-8/h4-6H2,1-3H3. The zero-order valence-corrected chi connectivity index (χ0v) is 6.91. The van der Waals surface area contributed by atoms with Crippen molar-refractivity contribution in [3.63, 3.8) is 0 Å². The Kier molecular flexibility index (Phi) is 1.75. The molecule has 0 N–H and O–H groups in total. The Bertz CT molecular complexity index is 116. The second kappa shape index (κ2) is 2.19. The first-order chi connectivity index (χ1) is 4.41. The van der Waals surface area contributed by atoms with E-state index in [1.807, 2.05) is 20.8 Å². The van der Waals surface area contributed by atoms with Gasteiger partial charge in [-0.1, -0.05) is 0 Å². The van der Waals surface area contributed by atoms with Crippen LogP contribution in [-0.4, -0.2) is 17.9 Å². The number of hydrogen-bond donors (Lipinski definition) is 0. The number of alkyl halides is 1. The van der Waals surface area contributed by atoms with Crippen LogP contribution in [0, 0.1) is 0 Å². The maximum Gasteiger partial charge on any atom is 0.134 e. The molecule has 60 valence electrons. The van der Waals surface area contributed by atoms with E-state index in [-0.39, 0.29) is 12.2 Å². The molecule has 0 saturated heterocycles. The third-order valence-corrected chi connectivity index (χ3v) is 1.56. The van der Waals surface area contributed by atoms with Gasteiger partial charge in [0.1, 0.15) is 5.67 Å². The second-order valence-corrected chi connectivity index (χ2v) is 4.05. The first kappa shape index (κ1) is 7.99. The van der Waals surface area contributed by atoms with Crippen molar-refractivity contribution in [2.75, 3.05) is 6.61 Å². The minimum Gasteiger partial charge on any atom is -0.373 e. The summed E-state index contributed by atoms with van der Waals surface area (Å²) in [6.45, 7) is 6.10. The van der Waals surface area contributed by atoms with E-state index in [2.05, 4.69) is 0 Å². The number of ether oxygens (including phenoxy) is 1. The van der Waals surface area contributed by atoms with E-state index < -0.39 is 5.67 Å². The van der Waals surface area contributed by atoms with E-state index >= 15 is 0 Å². The Morgan fingerprint density at radius 3 is 2.20 bits per heavy atom. The molecule has 1 saturated carbocycles. The molecule has 0 amide bonds. The number of halogens is 1. The van der Waals surface area contributed by atoms with E-state index in [0.29, 0.717) is 12.8 Å². The molecule has 1 rings (SSSR count). The highest BCUT2D eigenvalue weighted by atomic mass is 19.1. The SMILES string of the molecule is CC(C)(C)OCC1(F)CC1. The van der Waals surface area contributed by atoms with Gasteiger partial charge in [-0.25, -0.2) is 4.39 Å². The van der Waals surface area contributed by atoms with Crippen LogP contribution in [0.5, 0.6) is 0 Å². The second-order valence-electron chi connectivity index (χ2n) is 4.05. The maximum absolute atomic E-state index is 12.9.